The predicted octanol–water partition coefficient (Wildman–Crippen LogP) is 5.08. The van der Waals surface area contributed by atoms with Gasteiger partial charge >= 0.3 is 5.69 Å². The van der Waals surface area contributed by atoms with Gasteiger partial charge in [0.05, 0.1) is 32.7 Å². The average Bonchev–Trinajstić information content (AvgIpc) is 3.50. The van der Waals surface area contributed by atoms with Crippen molar-refractivity contribution in [3.63, 3.8) is 0 Å². The van der Waals surface area contributed by atoms with Gasteiger partial charge in [0.25, 0.3) is 5.91 Å². The van der Waals surface area contributed by atoms with Crippen LogP contribution in [0.2, 0.25) is 0 Å². The van der Waals surface area contributed by atoms with E-state index in [1.165, 1.54) is 0 Å². The monoisotopic (exact) mass is 454 g/mol. The van der Waals surface area contributed by atoms with E-state index in [0.717, 1.165) is 45.3 Å². The van der Waals surface area contributed by atoms with E-state index in [1.807, 2.05) is 81.6 Å². The summed E-state index contributed by atoms with van der Waals surface area (Å²) >= 11 is 1.62. The molecule has 0 spiro atoms. The SMILES string of the molecule is O=C(c1cc(-c2cccs2)nc2ccccc12)N1CCC(n2c(=O)[nH]c3ccccc32)CC1. The molecule has 4 heterocycles. The van der Waals surface area contributed by atoms with Gasteiger partial charge in [-0.2, -0.15) is 0 Å². The maximum absolute atomic E-state index is 13.6. The van der Waals surface area contributed by atoms with Crippen molar-refractivity contribution in [2.24, 2.45) is 0 Å². The fraction of sp³-hybridized carbons (Fsp3) is 0.192. The van der Waals surface area contributed by atoms with Gasteiger partial charge < -0.3 is 9.88 Å². The second kappa shape index (κ2) is 8.01. The van der Waals surface area contributed by atoms with Crippen molar-refractivity contribution in [1.29, 1.82) is 0 Å². The van der Waals surface area contributed by atoms with Crippen LogP contribution >= 0.6 is 11.3 Å². The molecule has 0 saturated carbocycles. The zero-order valence-corrected chi connectivity index (χ0v) is 18.7. The van der Waals surface area contributed by atoms with Crippen LogP contribution < -0.4 is 5.69 Å². The Labute approximate surface area is 194 Å². The number of hydrogen-bond donors (Lipinski definition) is 1. The number of aromatic nitrogens is 3. The number of carbonyl (C=O) groups is 1. The Bertz CT molecular complexity index is 1530. The molecule has 6 nitrogen and oxygen atoms in total. The van der Waals surface area contributed by atoms with Gasteiger partial charge in [-0.25, -0.2) is 9.78 Å². The smallest absolute Gasteiger partial charge is 0.326 e. The highest BCUT2D eigenvalue weighted by Crippen LogP contribution is 2.30. The van der Waals surface area contributed by atoms with Crippen molar-refractivity contribution in [1.82, 2.24) is 19.4 Å². The molecule has 0 aliphatic carbocycles. The molecule has 2 aromatic carbocycles. The topological polar surface area (TPSA) is 71.0 Å². The first-order valence-electron chi connectivity index (χ1n) is 11.1. The molecule has 1 aliphatic heterocycles. The van der Waals surface area contributed by atoms with E-state index in [9.17, 15) is 9.59 Å². The van der Waals surface area contributed by atoms with Gasteiger partial charge in [-0.15, -0.1) is 11.3 Å². The number of hydrogen-bond acceptors (Lipinski definition) is 4. The third-order valence-electron chi connectivity index (χ3n) is 6.46. The second-order valence-electron chi connectivity index (χ2n) is 8.39. The molecule has 1 fully saturated rings. The summed E-state index contributed by atoms with van der Waals surface area (Å²) in [6.07, 6.45) is 1.49. The lowest BCUT2D eigenvalue weighted by Crippen LogP contribution is -2.40. The number of fused-ring (bicyclic) bond motifs is 2. The number of benzene rings is 2. The lowest BCUT2D eigenvalue weighted by Gasteiger charge is -2.33. The molecule has 164 valence electrons. The predicted molar refractivity (Wildman–Crippen MR) is 132 cm³/mol. The van der Waals surface area contributed by atoms with Crippen LogP contribution in [0.25, 0.3) is 32.5 Å². The number of nitrogens with zero attached hydrogens (tertiary/aromatic N) is 3. The van der Waals surface area contributed by atoms with E-state index in [-0.39, 0.29) is 17.6 Å². The van der Waals surface area contributed by atoms with Gasteiger partial charge in [0, 0.05) is 24.5 Å². The van der Waals surface area contributed by atoms with Crippen molar-refractivity contribution >= 4 is 39.2 Å². The Morgan fingerprint density at radius 3 is 2.61 bits per heavy atom. The van der Waals surface area contributed by atoms with Crippen molar-refractivity contribution in [3.8, 4) is 10.6 Å². The second-order valence-corrected chi connectivity index (χ2v) is 9.34. The molecule has 33 heavy (non-hydrogen) atoms. The third-order valence-corrected chi connectivity index (χ3v) is 7.35. The molecule has 0 atom stereocenters. The summed E-state index contributed by atoms with van der Waals surface area (Å²) in [6, 6.07) is 21.6. The first-order chi connectivity index (χ1) is 16.2. The van der Waals surface area contributed by atoms with E-state index in [0.29, 0.717) is 18.7 Å². The molecule has 0 unspecified atom stereocenters. The number of rotatable bonds is 3. The van der Waals surface area contributed by atoms with E-state index in [2.05, 4.69) is 4.98 Å². The number of piperidine rings is 1. The number of pyridine rings is 1. The molecule has 1 N–H and O–H groups in total. The van der Waals surface area contributed by atoms with Gasteiger partial charge in [-0.3, -0.25) is 9.36 Å². The van der Waals surface area contributed by atoms with Gasteiger partial charge in [0.15, 0.2) is 0 Å². The van der Waals surface area contributed by atoms with E-state index >= 15 is 0 Å². The molecule has 0 radical (unpaired) electrons. The first kappa shape index (κ1) is 19.9. The maximum atomic E-state index is 13.6. The number of likely N-dealkylation sites (tertiary alicyclic amines) is 1. The number of amides is 1. The Morgan fingerprint density at radius 1 is 1.00 bits per heavy atom. The summed E-state index contributed by atoms with van der Waals surface area (Å²) in [7, 11) is 0. The summed E-state index contributed by atoms with van der Waals surface area (Å²) in [5.74, 6) is 0.0242. The highest BCUT2D eigenvalue weighted by molar-refractivity contribution is 7.13. The number of thiophene rings is 1. The minimum absolute atomic E-state index is 0.0242. The average molecular weight is 455 g/mol. The number of para-hydroxylation sites is 3. The van der Waals surface area contributed by atoms with Crippen LogP contribution in [-0.2, 0) is 0 Å². The minimum Gasteiger partial charge on any atom is -0.338 e. The number of aromatic amines is 1. The number of H-pyrrole nitrogens is 1. The van der Waals surface area contributed by atoms with E-state index in [4.69, 9.17) is 4.98 Å². The Kier molecular flexibility index (Phi) is 4.84. The summed E-state index contributed by atoms with van der Waals surface area (Å²) in [4.78, 5) is 36.9. The number of carbonyl (C=O) groups excluding carboxylic acids is 1. The summed E-state index contributed by atoms with van der Waals surface area (Å²) in [5.41, 5.74) is 4.03. The van der Waals surface area contributed by atoms with Crippen LogP contribution in [0.4, 0.5) is 0 Å². The molecule has 1 amide bonds. The third kappa shape index (κ3) is 3.45. The normalized spacial score (nSPS) is 14.8. The molecule has 6 rings (SSSR count). The van der Waals surface area contributed by atoms with Crippen molar-refractivity contribution < 1.29 is 4.79 Å². The highest BCUT2D eigenvalue weighted by Gasteiger charge is 2.28. The molecule has 1 saturated heterocycles. The van der Waals surface area contributed by atoms with Crippen LogP contribution in [0.3, 0.4) is 0 Å². The molecule has 5 aromatic rings. The Balaban J connectivity index is 1.30. The fourth-order valence-electron chi connectivity index (χ4n) is 4.84. The maximum Gasteiger partial charge on any atom is 0.326 e. The van der Waals surface area contributed by atoms with Crippen LogP contribution in [0.15, 0.2) is 76.9 Å². The Morgan fingerprint density at radius 2 is 1.79 bits per heavy atom. The van der Waals surface area contributed by atoms with Crippen LogP contribution in [0.5, 0.6) is 0 Å². The van der Waals surface area contributed by atoms with Crippen LogP contribution in [0.1, 0.15) is 29.2 Å². The first-order valence-corrected chi connectivity index (χ1v) is 12.0. The molecular formula is C26H22N4O2S. The molecule has 1 aliphatic rings. The standard InChI is InChI=1S/C26H22N4O2S/c31-25(19-16-22(24-10-5-15-33-24)27-20-7-2-1-6-18(19)20)29-13-11-17(12-14-29)30-23-9-4-3-8-21(23)28-26(30)32/h1-10,15-17H,11-14H2,(H,28,32). The lowest BCUT2D eigenvalue weighted by atomic mass is 10.0. The quantitative estimate of drug-likeness (QED) is 0.413. The molecular weight excluding hydrogens is 432 g/mol. The zero-order chi connectivity index (χ0) is 22.4. The summed E-state index contributed by atoms with van der Waals surface area (Å²) < 4.78 is 1.86. The largest absolute Gasteiger partial charge is 0.338 e. The lowest BCUT2D eigenvalue weighted by molar-refractivity contribution is 0.0697. The van der Waals surface area contributed by atoms with Gasteiger partial charge in [0.2, 0.25) is 0 Å². The number of imidazole rings is 1. The van der Waals surface area contributed by atoms with Gasteiger partial charge in [0.1, 0.15) is 0 Å². The number of nitrogens with one attached hydrogen (secondary N) is 1. The molecule has 3 aromatic heterocycles. The fourth-order valence-corrected chi connectivity index (χ4v) is 5.52. The molecule has 7 heteroatoms. The zero-order valence-electron chi connectivity index (χ0n) is 17.9. The minimum atomic E-state index is -0.0818. The van der Waals surface area contributed by atoms with Crippen LogP contribution in [-0.4, -0.2) is 38.4 Å². The van der Waals surface area contributed by atoms with E-state index in [1.54, 1.807) is 11.3 Å². The Hall–Kier alpha value is -3.71. The van der Waals surface area contributed by atoms with E-state index < -0.39 is 0 Å². The summed E-state index contributed by atoms with van der Waals surface area (Å²) in [5, 5.41) is 2.89. The van der Waals surface area contributed by atoms with Gasteiger partial charge in [-0.1, -0.05) is 36.4 Å². The van der Waals surface area contributed by atoms with Crippen LogP contribution in [0, 0.1) is 0 Å². The highest BCUT2D eigenvalue weighted by atomic mass is 32.1. The molecule has 0 bridgehead atoms. The van der Waals surface area contributed by atoms with Crippen molar-refractivity contribution in [2.45, 2.75) is 18.9 Å². The van der Waals surface area contributed by atoms with Crippen molar-refractivity contribution in [3.05, 3.63) is 88.2 Å². The van der Waals surface area contributed by atoms with Gasteiger partial charge in [-0.05, 0) is 48.6 Å². The summed E-state index contributed by atoms with van der Waals surface area (Å²) in [6.45, 7) is 1.22. The van der Waals surface area contributed by atoms with Crippen molar-refractivity contribution in [2.75, 3.05) is 13.1 Å².